The van der Waals surface area contributed by atoms with E-state index >= 15 is 0 Å². The molecule has 1 amide bonds. The van der Waals surface area contributed by atoms with Gasteiger partial charge in [-0.3, -0.25) is 4.79 Å². The number of amides is 1. The number of carbonyl (C=O) groups is 1. The molecule has 0 spiro atoms. The fourth-order valence-electron chi connectivity index (χ4n) is 2.52. The van der Waals surface area contributed by atoms with E-state index in [0.717, 1.165) is 12.1 Å². The SMILES string of the molecule is CN1C(=O)C(c2c(F)cccc2F)N(C)c2nc(Cl)ncc21. The van der Waals surface area contributed by atoms with Crippen LogP contribution in [0.25, 0.3) is 0 Å². The lowest BCUT2D eigenvalue weighted by molar-refractivity contribution is -0.120. The number of likely N-dealkylation sites (N-methyl/N-ethyl adjacent to an activating group) is 2. The van der Waals surface area contributed by atoms with Gasteiger partial charge in [0.2, 0.25) is 5.28 Å². The van der Waals surface area contributed by atoms with Crippen molar-refractivity contribution in [2.45, 2.75) is 6.04 Å². The molecule has 22 heavy (non-hydrogen) atoms. The van der Waals surface area contributed by atoms with Crippen LogP contribution in [0.2, 0.25) is 5.28 Å². The molecule has 1 atom stereocenters. The number of anilines is 2. The average Bonchev–Trinajstić information content (AvgIpc) is 2.48. The first-order valence-electron chi connectivity index (χ1n) is 6.38. The van der Waals surface area contributed by atoms with Gasteiger partial charge in [-0.1, -0.05) is 6.07 Å². The minimum absolute atomic E-state index is 0.0129. The van der Waals surface area contributed by atoms with E-state index in [-0.39, 0.29) is 10.8 Å². The van der Waals surface area contributed by atoms with Crippen LogP contribution in [0, 0.1) is 11.6 Å². The fourth-order valence-corrected chi connectivity index (χ4v) is 2.65. The van der Waals surface area contributed by atoms with Crippen LogP contribution < -0.4 is 9.80 Å². The summed E-state index contributed by atoms with van der Waals surface area (Å²) in [6.45, 7) is 0. The number of benzene rings is 1. The van der Waals surface area contributed by atoms with Crippen molar-refractivity contribution in [1.82, 2.24) is 9.97 Å². The molecule has 1 aromatic heterocycles. The zero-order chi connectivity index (χ0) is 16.0. The molecule has 1 aliphatic rings. The van der Waals surface area contributed by atoms with Crippen molar-refractivity contribution in [3.63, 3.8) is 0 Å². The number of fused-ring (bicyclic) bond motifs is 1. The number of aromatic nitrogens is 2. The summed E-state index contributed by atoms with van der Waals surface area (Å²) in [7, 11) is 3.03. The van der Waals surface area contributed by atoms with E-state index in [2.05, 4.69) is 9.97 Å². The number of hydrogen-bond acceptors (Lipinski definition) is 4. The summed E-state index contributed by atoms with van der Waals surface area (Å²) in [6, 6.07) is 2.31. The van der Waals surface area contributed by atoms with Gasteiger partial charge < -0.3 is 9.80 Å². The Kier molecular flexibility index (Phi) is 3.44. The van der Waals surface area contributed by atoms with Crippen molar-refractivity contribution in [3.05, 3.63) is 46.9 Å². The standard InChI is InChI=1S/C14H11ClF2N4O/c1-20-9-6-18-14(15)19-12(9)21(2)11(13(20)22)10-7(16)4-3-5-8(10)17/h3-6,11H,1-2H3. The molecule has 8 heteroatoms. The predicted octanol–water partition coefficient (Wildman–Crippen LogP) is 2.56. The molecular weight excluding hydrogens is 314 g/mol. The van der Waals surface area contributed by atoms with Crippen LogP contribution in [-0.2, 0) is 4.79 Å². The van der Waals surface area contributed by atoms with Crippen LogP contribution in [0.1, 0.15) is 11.6 Å². The highest BCUT2D eigenvalue weighted by Crippen LogP contribution is 2.39. The Morgan fingerprint density at radius 1 is 1.23 bits per heavy atom. The Bertz CT molecular complexity index is 750. The Morgan fingerprint density at radius 3 is 2.50 bits per heavy atom. The number of rotatable bonds is 1. The molecule has 0 N–H and O–H groups in total. The third kappa shape index (κ3) is 2.09. The molecule has 0 fully saturated rings. The summed E-state index contributed by atoms with van der Waals surface area (Å²) in [6.07, 6.45) is 1.40. The smallest absolute Gasteiger partial charge is 0.254 e. The van der Waals surface area contributed by atoms with Crippen LogP contribution in [0.3, 0.4) is 0 Å². The zero-order valence-electron chi connectivity index (χ0n) is 11.7. The van der Waals surface area contributed by atoms with Crippen molar-refractivity contribution in [1.29, 1.82) is 0 Å². The van der Waals surface area contributed by atoms with Gasteiger partial charge in [0.05, 0.1) is 11.8 Å². The van der Waals surface area contributed by atoms with E-state index in [1.54, 1.807) is 0 Å². The van der Waals surface area contributed by atoms with Gasteiger partial charge in [-0.15, -0.1) is 0 Å². The molecule has 0 bridgehead atoms. The summed E-state index contributed by atoms with van der Waals surface area (Å²) in [5.41, 5.74) is 0.104. The number of carbonyl (C=O) groups excluding carboxylic acids is 1. The molecule has 0 radical (unpaired) electrons. The maximum Gasteiger partial charge on any atom is 0.254 e. The van der Waals surface area contributed by atoms with Gasteiger partial charge in [-0.2, -0.15) is 4.98 Å². The number of hydrogen-bond donors (Lipinski definition) is 0. The van der Waals surface area contributed by atoms with Crippen LogP contribution in [-0.4, -0.2) is 30.0 Å². The van der Waals surface area contributed by atoms with Crippen molar-refractivity contribution in [2.24, 2.45) is 0 Å². The minimum atomic E-state index is -1.16. The number of nitrogens with zero attached hydrogens (tertiary/aromatic N) is 4. The van der Waals surface area contributed by atoms with E-state index in [9.17, 15) is 13.6 Å². The van der Waals surface area contributed by atoms with E-state index in [1.165, 1.54) is 36.2 Å². The summed E-state index contributed by atoms with van der Waals surface area (Å²) < 4.78 is 28.1. The summed E-state index contributed by atoms with van der Waals surface area (Å²) in [4.78, 5) is 23.1. The maximum absolute atomic E-state index is 14.1. The lowest BCUT2D eigenvalue weighted by Crippen LogP contribution is -2.46. The molecule has 1 unspecified atom stereocenters. The van der Waals surface area contributed by atoms with Crippen LogP contribution in [0.15, 0.2) is 24.4 Å². The van der Waals surface area contributed by atoms with Crippen molar-refractivity contribution >= 4 is 29.0 Å². The molecule has 0 saturated heterocycles. The van der Waals surface area contributed by atoms with E-state index in [4.69, 9.17) is 11.6 Å². The third-order valence-corrected chi connectivity index (χ3v) is 3.82. The number of halogens is 3. The van der Waals surface area contributed by atoms with Gasteiger partial charge in [-0.05, 0) is 23.7 Å². The quantitative estimate of drug-likeness (QED) is 0.757. The Labute approximate surface area is 130 Å². The molecule has 1 aromatic carbocycles. The van der Waals surface area contributed by atoms with Crippen LogP contribution in [0.5, 0.6) is 0 Å². The summed E-state index contributed by atoms with van der Waals surface area (Å²) >= 11 is 5.78. The molecule has 0 aliphatic carbocycles. The Morgan fingerprint density at radius 2 is 1.86 bits per heavy atom. The topological polar surface area (TPSA) is 49.3 Å². The van der Waals surface area contributed by atoms with Gasteiger partial charge in [0.1, 0.15) is 23.4 Å². The first-order valence-corrected chi connectivity index (χ1v) is 6.76. The largest absolute Gasteiger partial charge is 0.342 e. The molecule has 5 nitrogen and oxygen atoms in total. The zero-order valence-corrected chi connectivity index (χ0v) is 12.5. The summed E-state index contributed by atoms with van der Waals surface area (Å²) in [5.74, 6) is -1.73. The second-order valence-corrected chi connectivity index (χ2v) is 5.23. The lowest BCUT2D eigenvalue weighted by atomic mass is 10.0. The van der Waals surface area contributed by atoms with E-state index in [0.29, 0.717) is 11.5 Å². The minimum Gasteiger partial charge on any atom is -0.342 e. The van der Waals surface area contributed by atoms with Crippen LogP contribution in [0.4, 0.5) is 20.3 Å². The van der Waals surface area contributed by atoms with Gasteiger partial charge >= 0.3 is 0 Å². The Balaban J connectivity index is 2.20. The van der Waals surface area contributed by atoms with Gasteiger partial charge in [0, 0.05) is 14.1 Å². The molecule has 2 heterocycles. The first-order chi connectivity index (χ1) is 10.4. The molecule has 114 valence electrons. The Hall–Kier alpha value is -2.28. The third-order valence-electron chi connectivity index (χ3n) is 3.64. The fraction of sp³-hybridized carbons (Fsp3) is 0.214. The second kappa shape index (κ2) is 5.17. The molecule has 1 aliphatic heterocycles. The molecule has 2 aromatic rings. The highest BCUT2D eigenvalue weighted by molar-refractivity contribution is 6.28. The first kappa shape index (κ1) is 14.6. The van der Waals surface area contributed by atoms with Gasteiger partial charge in [0.25, 0.3) is 5.91 Å². The normalized spacial score (nSPS) is 17.7. The summed E-state index contributed by atoms with van der Waals surface area (Å²) in [5, 5.41) is -0.0129. The van der Waals surface area contributed by atoms with E-state index in [1.807, 2.05) is 0 Å². The van der Waals surface area contributed by atoms with Crippen molar-refractivity contribution in [2.75, 3.05) is 23.9 Å². The van der Waals surface area contributed by atoms with Crippen molar-refractivity contribution in [3.8, 4) is 0 Å². The van der Waals surface area contributed by atoms with E-state index < -0.39 is 23.6 Å². The average molecular weight is 325 g/mol. The second-order valence-electron chi connectivity index (χ2n) is 4.89. The van der Waals surface area contributed by atoms with Crippen LogP contribution >= 0.6 is 11.6 Å². The molecule has 0 saturated carbocycles. The highest BCUT2D eigenvalue weighted by Gasteiger charge is 2.40. The highest BCUT2D eigenvalue weighted by atomic mass is 35.5. The van der Waals surface area contributed by atoms with Gasteiger partial charge in [-0.25, -0.2) is 13.8 Å². The van der Waals surface area contributed by atoms with Crippen molar-refractivity contribution < 1.29 is 13.6 Å². The molecule has 3 rings (SSSR count). The monoisotopic (exact) mass is 324 g/mol. The molecular formula is C14H11ClF2N4O. The predicted molar refractivity (Wildman–Crippen MR) is 78.0 cm³/mol. The maximum atomic E-state index is 14.1. The van der Waals surface area contributed by atoms with Gasteiger partial charge in [0.15, 0.2) is 5.82 Å². The lowest BCUT2D eigenvalue weighted by Gasteiger charge is -2.38.